The molecular formula is C11H17NO2S2. The molecule has 2 heterocycles. The van der Waals surface area contributed by atoms with Crippen LogP contribution in [0.4, 0.5) is 0 Å². The first-order chi connectivity index (χ1) is 7.49. The van der Waals surface area contributed by atoms with Crippen molar-refractivity contribution in [1.82, 2.24) is 5.32 Å². The lowest BCUT2D eigenvalue weighted by atomic mass is 10.0. The van der Waals surface area contributed by atoms with Crippen LogP contribution < -0.4 is 5.32 Å². The molecule has 1 atom stereocenters. The molecule has 1 aliphatic rings. The Morgan fingerprint density at radius 3 is 2.94 bits per heavy atom. The monoisotopic (exact) mass is 259 g/mol. The summed E-state index contributed by atoms with van der Waals surface area (Å²) in [5.74, 6) is 0.611. The minimum atomic E-state index is -2.80. The minimum Gasteiger partial charge on any atom is -0.310 e. The van der Waals surface area contributed by atoms with Crippen LogP contribution in [0, 0.1) is 0 Å². The Kier molecular flexibility index (Phi) is 3.37. The Morgan fingerprint density at radius 1 is 1.56 bits per heavy atom. The third-order valence-electron chi connectivity index (χ3n) is 3.01. The highest BCUT2D eigenvalue weighted by Gasteiger charge is 2.37. The van der Waals surface area contributed by atoms with E-state index in [0.29, 0.717) is 5.75 Å². The van der Waals surface area contributed by atoms with E-state index >= 15 is 0 Å². The summed E-state index contributed by atoms with van der Waals surface area (Å²) in [6.07, 6.45) is 1.72. The molecule has 0 bridgehead atoms. The maximum Gasteiger partial charge on any atom is 0.152 e. The smallest absolute Gasteiger partial charge is 0.152 e. The second kappa shape index (κ2) is 4.47. The molecule has 1 aliphatic heterocycles. The number of thiophene rings is 1. The Hall–Kier alpha value is -0.390. The quantitative estimate of drug-likeness (QED) is 0.890. The maximum atomic E-state index is 11.4. The minimum absolute atomic E-state index is 0.212. The molecule has 16 heavy (non-hydrogen) atoms. The van der Waals surface area contributed by atoms with Crippen LogP contribution >= 0.6 is 11.3 Å². The average molecular weight is 259 g/mol. The van der Waals surface area contributed by atoms with Gasteiger partial charge in [0.25, 0.3) is 0 Å². The van der Waals surface area contributed by atoms with Crippen molar-refractivity contribution in [1.29, 1.82) is 0 Å². The van der Waals surface area contributed by atoms with E-state index in [1.807, 2.05) is 13.0 Å². The first kappa shape index (κ1) is 12.1. The Morgan fingerprint density at radius 2 is 2.38 bits per heavy atom. The van der Waals surface area contributed by atoms with E-state index < -0.39 is 9.84 Å². The van der Waals surface area contributed by atoms with Gasteiger partial charge in [-0.1, -0.05) is 6.07 Å². The number of rotatable bonds is 4. The van der Waals surface area contributed by atoms with E-state index in [4.69, 9.17) is 0 Å². The normalized spacial score (nSPS) is 28.3. The molecule has 1 fully saturated rings. The Balaban J connectivity index is 1.82. The summed E-state index contributed by atoms with van der Waals surface area (Å²) >= 11 is 1.75. The van der Waals surface area contributed by atoms with E-state index in [9.17, 15) is 8.42 Å². The Labute approximate surface area is 101 Å². The SMILES string of the molecule is CC1(NCCc2cccs2)CCS(=O)(=O)C1. The van der Waals surface area contributed by atoms with Crippen LogP contribution in [0.15, 0.2) is 17.5 Å². The topological polar surface area (TPSA) is 46.2 Å². The number of hydrogen-bond acceptors (Lipinski definition) is 4. The van der Waals surface area contributed by atoms with Crippen LogP contribution in [0.25, 0.3) is 0 Å². The highest BCUT2D eigenvalue weighted by molar-refractivity contribution is 7.91. The van der Waals surface area contributed by atoms with Gasteiger partial charge in [0.15, 0.2) is 9.84 Å². The fourth-order valence-electron chi connectivity index (χ4n) is 2.09. The van der Waals surface area contributed by atoms with Crippen molar-refractivity contribution < 1.29 is 8.42 Å². The van der Waals surface area contributed by atoms with Gasteiger partial charge in [-0.3, -0.25) is 0 Å². The van der Waals surface area contributed by atoms with Crippen molar-refractivity contribution in [2.75, 3.05) is 18.1 Å². The van der Waals surface area contributed by atoms with Crippen molar-refractivity contribution in [2.45, 2.75) is 25.3 Å². The van der Waals surface area contributed by atoms with Crippen molar-refractivity contribution in [3.63, 3.8) is 0 Å². The van der Waals surface area contributed by atoms with E-state index in [1.165, 1.54) is 4.88 Å². The summed E-state index contributed by atoms with van der Waals surface area (Å²) in [5, 5.41) is 5.45. The van der Waals surface area contributed by atoms with E-state index in [0.717, 1.165) is 19.4 Å². The molecule has 3 nitrogen and oxygen atoms in total. The molecule has 1 N–H and O–H groups in total. The number of nitrogens with one attached hydrogen (secondary N) is 1. The molecule has 0 aliphatic carbocycles. The zero-order valence-corrected chi connectivity index (χ0v) is 11.0. The van der Waals surface area contributed by atoms with Crippen LogP contribution in [0.2, 0.25) is 0 Å². The molecule has 1 aromatic rings. The fraction of sp³-hybridized carbons (Fsp3) is 0.636. The van der Waals surface area contributed by atoms with Crippen LogP contribution in [-0.2, 0) is 16.3 Å². The summed E-state index contributed by atoms with van der Waals surface area (Å²) < 4.78 is 22.8. The van der Waals surface area contributed by atoms with Gasteiger partial charge >= 0.3 is 0 Å². The zero-order valence-electron chi connectivity index (χ0n) is 9.40. The number of hydrogen-bond donors (Lipinski definition) is 1. The maximum absolute atomic E-state index is 11.4. The van der Waals surface area contributed by atoms with Crippen LogP contribution in [0.3, 0.4) is 0 Å². The molecule has 1 unspecified atom stereocenters. The first-order valence-electron chi connectivity index (χ1n) is 5.47. The molecule has 0 amide bonds. The van der Waals surface area contributed by atoms with Gasteiger partial charge in [0.1, 0.15) is 0 Å². The van der Waals surface area contributed by atoms with Gasteiger partial charge in [0.2, 0.25) is 0 Å². The largest absolute Gasteiger partial charge is 0.310 e. The lowest BCUT2D eigenvalue weighted by Crippen LogP contribution is -2.44. The van der Waals surface area contributed by atoms with Crippen molar-refractivity contribution in [3.05, 3.63) is 22.4 Å². The third kappa shape index (κ3) is 3.06. The molecule has 1 saturated heterocycles. The van der Waals surface area contributed by atoms with Crippen LogP contribution in [-0.4, -0.2) is 32.0 Å². The van der Waals surface area contributed by atoms with Crippen LogP contribution in [0.5, 0.6) is 0 Å². The van der Waals surface area contributed by atoms with Gasteiger partial charge in [0, 0.05) is 17.0 Å². The van der Waals surface area contributed by atoms with Crippen molar-refractivity contribution >= 4 is 21.2 Å². The van der Waals surface area contributed by atoms with Gasteiger partial charge in [-0.25, -0.2) is 8.42 Å². The standard InChI is InChI=1S/C11H17NO2S2/c1-11(5-8-16(13,14)9-11)12-6-4-10-3-2-7-15-10/h2-3,7,12H,4-6,8-9H2,1H3. The lowest BCUT2D eigenvalue weighted by molar-refractivity contribution is 0.401. The summed E-state index contributed by atoms with van der Waals surface area (Å²) in [6.45, 7) is 2.86. The lowest BCUT2D eigenvalue weighted by Gasteiger charge is -2.23. The predicted molar refractivity (Wildman–Crippen MR) is 67.7 cm³/mol. The van der Waals surface area contributed by atoms with Gasteiger partial charge < -0.3 is 5.32 Å². The molecule has 90 valence electrons. The summed E-state index contributed by atoms with van der Waals surface area (Å²) in [4.78, 5) is 1.34. The fourth-order valence-corrected chi connectivity index (χ4v) is 4.92. The zero-order chi connectivity index (χ0) is 11.6. The second-order valence-electron chi connectivity index (χ2n) is 4.66. The molecule has 0 spiro atoms. The molecular weight excluding hydrogens is 242 g/mol. The predicted octanol–water partition coefficient (Wildman–Crippen LogP) is 1.46. The van der Waals surface area contributed by atoms with E-state index in [2.05, 4.69) is 16.8 Å². The molecule has 1 aromatic heterocycles. The summed E-state index contributed by atoms with van der Waals surface area (Å²) in [7, 11) is -2.80. The molecule has 0 saturated carbocycles. The highest BCUT2D eigenvalue weighted by Crippen LogP contribution is 2.22. The molecule has 5 heteroatoms. The van der Waals surface area contributed by atoms with Gasteiger partial charge in [0.05, 0.1) is 11.5 Å². The molecule has 0 aromatic carbocycles. The van der Waals surface area contributed by atoms with Crippen LogP contribution in [0.1, 0.15) is 18.2 Å². The third-order valence-corrected chi connectivity index (χ3v) is 5.85. The molecule has 0 radical (unpaired) electrons. The van der Waals surface area contributed by atoms with E-state index in [1.54, 1.807) is 11.3 Å². The van der Waals surface area contributed by atoms with Crippen molar-refractivity contribution in [3.8, 4) is 0 Å². The van der Waals surface area contributed by atoms with Gasteiger partial charge in [-0.05, 0) is 31.2 Å². The van der Waals surface area contributed by atoms with Crippen molar-refractivity contribution in [2.24, 2.45) is 0 Å². The Bertz CT molecular complexity index is 439. The highest BCUT2D eigenvalue weighted by atomic mass is 32.2. The summed E-state index contributed by atoms with van der Waals surface area (Å²) in [5.41, 5.74) is -0.212. The van der Waals surface area contributed by atoms with E-state index in [-0.39, 0.29) is 11.3 Å². The molecule has 2 rings (SSSR count). The first-order valence-corrected chi connectivity index (χ1v) is 8.17. The van der Waals surface area contributed by atoms with Gasteiger partial charge in [-0.2, -0.15) is 0 Å². The average Bonchev–Trinajstić information content (AvgIpc) is 2.75. The van der Waals surface area contributed by atoms with Gasteiger partial charge in [-0.15, -0.1) is 11.3 Å². The second-order valence-corrected chi connectivity index (χ2v) is 7.88. The number of sulfone groups is 1. The summed E-state index contributed by atoms with van der Waals surface area (Å²) in [6, 6.07) is 4.15.